The van der Waals surface area contributed by atoms with E-state index in [1.54, 1.807) is 0 Å². The summed E-state index contributed by atoms with van der Waals surface area (Å²) in [4.78, 5) is 0. The lowest BCUT2D eigenvalue weighted by molar-refractivity contribution is -0.313. The number of rotatable bonds is 8. The van der Waals surface area contributed by atoms with Gasteiger partial charge in [-0.15, -0.1) is 0 Å². The third kappa shape index (κ3) is 4.35. The van der Waals surface area contributed by atoms with Crippen LogP contribution in [0.5, 0.6) is 5.75 Å². The summed E-state index contributed by atoms with van der Waals surface area (Å²) in [6, 6.07) is 13.6. The third-order valence-electron chi connectivity index (χ3n) is 5.50. The molecule has 30 heavy (non-hydrogen) atoms. The zero-order valence-corrected chi connectivity index (χ0v) is 17.7. The minimum atomic E-state index is -1.09. The van der Waals surface area contributed by atoms with E-state index in [1.165, 1.54) is 0 Å². The van der Waals surface area contributed by atoms with Gasteiger partial charge in [-0.3, -0.25) is 0 Å². The number of hydrogen-bond donors (Lipinski definition) is 2. The molecule has 2 aliphatic rings. The first-order valence-electron chi connectivity index (χ1n) is 10.3. The fourth-order valence-corrected chi connectivity index (χ4v) is 4.37. The van der Waals surface area contributed by atoms with Crippen LogP contribution in [0.3, 0.4) is 0 Å². The lowest BCUT2D eigenvalue weighted by atomic mass is 9.91. The van der Waals surface area contributed by atoms with Crippen molar-refractivity contribution in [1.29, 1.82) is 0 Å². The van der Waals surface area contributed by atoms with Gasteiger partial charge in [-0.1, -0.05) is 29.8 Å². The summed E-state index contributed by atoms with van der Waals surface area (Å²) in [5, 5.41) is 20.2. The van der Waals surface area contributed by atoms with E-state index in [-0.39, 0.29) is 19.8 Å². The number of halogens is 1. The predicted molar refractivity (Wildman–Crippen MR) is 112 cm³/mol. The van der Waals surface area contributed by atoms with E-state index in [0.29, 0.717) is 30.9 Å². The maximum Gasteiger partial charge on any atom is 0.200 e. The fourth-order valence-electron chi connectivity index (χ4n) is 4.19. The highest BCUT2D eigenvalue weighted by Gasteiger charge is 2.58. The van der Waals surface area contributed by atoms with E-state index in [9.17, 15) is 5.11 Å². The first-order valence-corrected chi connectivity index (χ1v) is 10.6. The molecule has 6 nitrogen and oxygen atoms in total. The lowest BCUT2D eigenvalue weighted by Gasteiger charge is -2.40. The van der Waals surface area contributed by atoms with E-state index in [0.717, 1.165) is 22.4 Å². The number of fused-ring (bicyclic) bond motifs is 2. The summed E-state index contributed by atoms with van der Waals surface area (Å²) < 4.78 is 23.5. The molecule has 3 atom stereocenters. The topological polar surface area (TPSA) is 77.4 Å². The molecule has 0 saturated carbocycles. The molecule has 4 rings (SSSR count). The van der Waals surface area contributed by atoms with Gasteiger partial charge in [0, 0.05) is 23.4 Å². The maximum absolute atomic E-state index is 10.5. The number of ether oxygens (including phenoxy) is 4. The molecule has 2 N–H and O–H groups in total. The van der Waals surface area contributed by atoms with Gasteiger partial charge in [-0.2, -0.15) is 0 Å². The van der Waals surface area contributed by atoms with Gasteiger partial charge in [0.05, 0.1) is 25.9 Å². The molecule has 0 unspecified atom stereocenters. The van der Waals surface area contributed by atoms with Crippen LogP contribution >= 0.6 is 11.6 Å². The van der Waals surface area contributed by atoms with Crippen molar-refractivity contribution in [3.8, 4) is 5.75 Å². The smallest absolute Gasteiger partial charge is 0.200 e. The van der Waals surface area contributed by atoms with Crippen LogP contribution in [0.2, 0.25) is 5.02 Å². The Kier molecular flexibility index (Phi) is 6.34. The van der Waals surface area contributed by atoms with Crippen molar-refractivity contribution < 1.29 is 29.2 Å². The van der Waals surface area contributed by atoms with Gasteiger partial charge in [0.1, 0.15) is 12.4 Å². The zero-order chi connectivity index (χ0) is 21.2. The van der Waals surface area contributed by atoms with Crippen molar-refractivity contribution in [2.75, 3.05) is 26.4 Å². The summed E-state index contributed by atoms with van der Waals surface area (Å²) in [6.45, 7) is 2.78. The predicted octanol–water partition coefficient (Wildman–Crippen LogP) is 3.39. The van der Waals surface area contributed by atoms with Gasteiger partial charge in [0.15, 0.2) is 5.79 Å². The number of aliphatic hydroxyl groups is 2. The molecule has 0 amide bonds. The molecule has 2 aliphatic heterocycles. The second-order valence-corrected chi connectivity index (χ2v) is 8.16. The molecule has 0 aliphatic carbocycles. The quantitative estimate of drug-likeness (QED) is 0.663. The molecule has 2 fully saturated rings. The average Bonchev–Trinajstić information content (AvgIpc) is 3.02. The molecular weight excluding hydrogens is 408 g/mol. The largest absolute Gasteiger partial charge is 0.494 e. The van der Waals surface area contributed by atoms with Crippen LogP contribution in [-0.2, 0) is 26.4 Å². The molecule has 2 saturated heterocycles. The fraction of sp³-hybridized carbons (Fsp3) is 0.478. The Morgan fingerprint density at radius 1 is 1.17 bits per heavy atom. The van der Waals surface area contributed by atoms with E-state index in [4.69, 9.17) is 35.7 Å². The lowest BCUT2D eigenvalue weighted by Crippen LogP contribution is -2.47. The molecule has 2 aromatic carbocycles. The van der Waals surface area contributed by atoms with Crippen molar-refractivity contribution >= 4 is 11.6 Å². The summed E-state index contributed by atoms with van der Waals surface area (Å²) in [5.74, 6) is -1.30. The normalized spacial score (nSPS) is 27.9. The zero-order valence-electron chi connectivity index (χ0n) is 17.0. The summed E-state index contributed by atoms with van der Waals surface area (Å²) in [7, 11) is 0. The van der Waals surface area contributed by atoms with Gasteiger partial charge in [0.2, 0.25) is 5.79 Å². The molecule has 0 spiro atoms. The SMILES string of the molecule is CCOc1ccc(Cc2cc([C@]34C[C@@H](O)C[C@](OCCO)(CO3)O4)ccc2Cl)cc1. The van der Waals surface area contributed by atoms with Crippen molar-refractivity contribution in [3.63, 3.8) is 0 Å². The van der Waals surface area contributed by atoms with Gasteiger partial charge >= 0.3 is 0 Å². The highest BCUT2D eigenvalue weighted by molar-refractivity contribution is 6.31. The van der Waals surface area contributed by atoms with E-state index in [2.05, 4.69) is 0 Å². The summed E-state index contributed by atoms with van der Waals surface area (Å²) >= 11 is 6.48. The average molecular weight is 435 g/mol. The minimum Gasteiger partial charge on any atom is -0.494 e. The maximum atomic E-state index is 10.5. The second-order valence-electron chi connectivity index (χ2n) is 7.75. The van der Waals surface area contributed by atoms with Gasteiger partial charge in [0.25, 0.3) is 0 Å². The Labute approximate surface area is 181 Å². The van der Waals surface area contributed by atoms with Crippen molar-refractivity contribution in [1.82, 2.24) is 0 Å². The summed E-state index contributed by atoms with van der Waals surface area (Å²) in [5.41, 5.74) is 2.84. The molecule has 0 aromatic heterocycles. The van der Waals surface area contributed by atoms with E-state index in [1.807, 2.05) is 49.4 Å². The van der Waals surface area contributed by atoms with Crippen molar-refractivity contribution in [2.24, 2.45) is 0 Å². The van der Waals surface area contributed by atoms with Crippen LogP contribution in [0.4, 0.5) is 0 Å². The Balaban J connectivity index is 1.58. The second kappa shape index (κ2) is 8.83. The Bertz CT molecular complexity index is 872. The van der Waals surface area contributed by atoms with Gasteiger partial charge in [-0.25, -0.2) is 0 Å². The van der Waals surface area contributed by atoms with Crippen molar-refractivity contribution in [3.05, 3.63) is 64.2 Å². The molecule has 162 valence electrons. The number of hydrogen-bond acceptors (Lipinski definition) is 6. The van der Waals surface area contributed by atoms with Crippen LogP contribution < -0.4 is 4.74 Å². The Morgan fingerprint density at radius 2 is 1.97 bits per heavy atom. The molecule has 7 heteroatoms. The van der Waals surface area contributed by atoms with E-state index < -0.39 is 17.7 Å². The summed E-state index contributed by atoms with van der Waals surface area (Å²) in [6.07, 6.45) is 0.622. The van der Waals surface area contributed by atoms with Crippen LogP contribution in [0.1, 0.15) is 36.5 Å². The first kappa shape index (κ1) is 21.6. The van der Waals surface area contributed by atoms with Crippen LogP contribution in [0.25, 0.3) is 0 Å². The molecule has 0 radical (unpaired) electrons. The van der Waals surface area contributed by atoms with Gasteiger partial charge < -0.3 is 29.2 Å². The third-order valence-corrected chi connectivity index (χ3v) is 5.87. The Morgan fingerprint density at radius 3 is 2.70 bits per heavy atom. The van der Waals surface area contributed by atoms with Crippen molar-refractivity contribution in [2.45, 2.75) is 43.9 Å². The molecule has 2 bridgehead atoms. The molecule has 2 heterocycles. The minimum absolute atomic E-state index is 0.121. The van der Waals surface area contributed by atoms with Crippen LogP contribution in [-0.4, -0.2) is 48.5 Å². The van der Waals surface area contributed by atoms with E-state index >= 15 is 0 Å². The first-order chi connectivity index (χ1) is 14.5. The standard InChI is InChI=1S/C23H27ClO6/c1-2-27-20-6-3-16(4-7-20)11-17-12-18(5-8-21(17)24)23-14-19(26)13-22(30-23,15-29-23)28-10-9-25/h3-8,12,19,25-26H,2,9-11,13-15H2,1H3/t19-,22+,23+/m0/s1. The van der Waals surface area contributed by atoms with Crippen LogP contribution in [0, 0.1) is 0 Å². The number of aliphatic hydroxyl groups excluding tert-OH is 2. The number of benzene rings is 2. The Hall–Kier alpha value is -1.67. The molecular formula is C23H27ClO6. The highest BCUT2D eigenvalue weighted by Crippen LogP contribution is 2.50. The highest BCUT2D eigenvalue weighted by atomic mass is 35.5. The monoisotopic (exact) mass is 434 g/mol. The molecule has 2 aromatic rings. The van der Waals surface area contributed by atoms with Crippen LogP contribution in [0.15, 0.2) is 42.5 Å². The van der Waals surface area contributed by atoms with Gasteiger partial charge in [-0.05, 0) is 48.7 Å².